The topological polar surface area (TPSA) is 168 Å². The van der Waals surface area contributed by atoms with Crippen LogP contribution in [0, 0.1) is 10.1 Å². The molecule has 3 aromatic heterocycles. The molecule has 0 bridgehead atoms. The Labute approximate surface area is 386 Å². The average molecular weight is 947 g/mol. The monoisotopic (exact) mass is 945 g/mol. The minimum absolute atomic E-state index is 0.0289. The van der Waals surface area contributed by atoms with Gasteiger partial charge in [0, 0.05) is 0 Å². The van der Waals surface area contributed by atoms with Gasteiger partial charge in [0.1, 0.15) is 80.6 Å². The normalized spacial score (nSPS) is 22.8. The molecule has 0 atom stereocenters. The molecule has 9 rings (SSSR count). The maximum Gasteiger partial charge on any atom is 0.353 e. The van der Waals surface area contributed by atoms with Crippen molar-refractivity contribution >= 4 is 88.3 Å². The lowest BCUT2D eigenvalue weighted by molar-refractivity contribution is -1.03. The van der Waals surface area contributed by atoms with Crippen LogP contribution in [-0.4, -0.2) is 235 Å². The van der Waals surface area contributed by atoms with Crippen molar-refractivity contribution in [3.05, 3.63) is 37.9 Å². The van der Waals surface area contributed by atoms with E-state index in [1.54, 1.807) is 0 Å². The van der Waals surface area contributed by atoms with Gasteiger partial charge in [0.15, 0.2) is 22.9 Å². The Morgan fingerprint density at radius 3 is 1.06 bits per heavy atom. The summed E-state index contributed by atoms with van der Waals surface area (Å²) < 4.78 is 4.18. The first-order chi connectivity index (χ1) is 30.4. The van der Waals surface area contributed by atoms with Crippen LogP contribution < -0.4 is 19.6 Å². The summed E-state index contributed by atoms with van der Waals surface area (Å²) >= 11 is 15.6. The molecule has 6 fully saturated rings. The van der Waals surface area contributed by atoms with Gasteiger partial charge in [0.2, 0.25) is 11.6 Å². The van der Waals surface area contributed by atoms with E-state index in [9.17, 15) is 19.7 Å². The van der Waals surface area contributed by atoms with E-state index >= 15 is 0 Å². The third-order valence-corrected chi connectivity index (χ3v) is 17.1. The molecule has 0 radical (unpaired) electrons. The molecule has 4 spiro atoms. The van der Waals surface area contributed by atoms with Crippen molar-refractivity contribution in [2.24, 2.45) is 0 Å². The van der Waals surface area contributed by atoms with Gasteiger partial charge in [-0.2, -0.15) is 0 Å². The van der Waals surface area contributed by atoms with E-state index in [-0.39, 0.29) is 20.9 Å². The number of carbonyl (C=O) groups excluding carboxylic acids is 2. The van der Waals surface area contributed by atoms with E-state index in [0.29, 0.717) is 70.9 Å². The fourth-order valence-corrected chi connectivity index (χ4v) is 12.3. The number of quaternary nitrogens is 4. The highest BCUT2D eigenvalue weighted by molar-refractivity contribution is 7.98. The van der Waals surface area contributed by atoms with Gasteiger partial charge in [-0.25, -0.2) is 29.9 Å². The first-order valence-electron chi connectivity index (χ1n) is 22.0. The van der Waals surface area contributed by atoms with Crippen LogP contribution in [0.15, 0.2) is 16.6 Å². The third-order valence-electron chi connectivity index (χ3n) is 15.4. The van der Waals surface area contributed by atoms with E-state index in [0.717, 1.165) is 161 Å². The summed E-state index contributed by atoms with van der Waals surface area (Å²) in [4.78, 5) is 72.0. The number of nitrogens with zero attached hydrogens (tertiary/aromatic N) is 15. The second-order valence-electron chi connectivity index (χ2n) is 18.2. The van der Waals surface area contributed by atoms with Gasteiger partial charge in [-0.15, -0.1) is 0 Å². The molecule has 9 heterocycles. The number of hydrogen-bond acceptors (Lipinski definition) is 16. The zero-order valence-electron chi connectivity index (χ0n) is 36.1. The van der Waals surface area contributed by atoms with Crippen LogP contribution in [0.3, 0.4) is 0 Å². The second-order valence-corrected chi connectivity index (χ2v) is 20.5. The first-order valence-corrected chi connectivity index (χ1v) is 25.2. The number of aromatic nitrogens is 6. The van der Waals surface area contributed by atoms with Crippen molar-refractivity contribution in [1.29, 1.82) is 0 Å². The first kappa shape index (κ1) is 44.5. The van der Waals surface area contributed by atoms with Crippen molar-refractivity contribution in [2.75, 3.05) is 189 Å². The van der Waals surface area contributed by atoms with Crippen LogP contribution >= 0.6 is 46.7 Å². The lowest BCUT2D eigenvalue weighted by Crippen LogP contribution is -2.73. The number of piperazine rings is 6. The van der Waals surface area contributed by atoms with Crippen molar-refractivity contribution in [1.82, 2.24) is 29.9 Å². The van der Waals surface area contributed by atoms with Crippen LogP contribution in [0.25, 0.3) is 0 Å². The van der Waals surface area contributed by atoms with E-state index in [1.807, 2.05) is 12.5 Å². The fourth-order valence-electron chi connectivity index (χ4n) is 11.0. The lowest BCUT2D eigenvalue weighted by atomic mass is 10.1. The lowest BCUT2D eigenvalue weighted by Gasteiger charge is -2.54. The Morgan fingerprint density at radius 2 is 0.810 bits per heavy atom. The van der Waals surface area contributed by atoms with Crippen molar-refractivity contribution < 1.29 is 32.4 Å². The van der Waals surface area contributed by atoms with Crippen molar-refractivity contribution in [2.45, 2.75) is 10.3 Å². The average Bonchev–Trinajstić information content (AvgIpc) is 3.31. The predicted octanol–water partition coefficient (Wildman–Crippen LogP) is 2.32. The van der Waals surface area contributed by atoms with E-state index in [1.165, 1.54) is 29.9 Å². The fraction of sp³-hybridized carbons (Fsp3) is 0.650. The molecule has 0 unspecified atom stereocenters. The number of halogens is 2. The quantitative estimate of drug-likeness (QED) is 0.0583. The molecule has 338 valence electrons. The molecule has 6 aliphatic rings. The van der Waals surface area contributed by atoms with Crippen LogP contribution in [0.1, 0.15) is 20.7 Å². The van der Waals surface area contributed by atoms with Gasteiger partial charge < -0.3 is 37.5 Å². The Morgan fingerprint density at radius 1 is 0.524 bits per heavy atom. The summed E-state index contributed by atoms with van der Waals surface area (Å²) in [5, 5.41) is 14.4. The summed E-state index contributed by atoms with van der Waals surface area (Å²) in [5.74, 6) is 2.15. The molecule has 0 aromatic carbocycles. The molecule has 6 aliphatic heterocycles. The largest absolute Gasteiger partial charge is 0.353 e. The summed E-state index contributed by atoms with van der Waals surface area (Å²) in [6, 6.07) is 0. The second kappa shape index (κ2) is 17.9. The van der Waals surface area contributed by atoms with Crippen molar-refractivity contribution in [3.8, 4) is 0 Å². The summed E-state index contributed by atoms with van der Waals surface area (Å²) in [6.07, 6.45) is 6.85. The number of nitro groups is 1. The van der Waals surface area contributed by atoms with Crippen LogP contribution in [0.5, 0.6) is 0 Å². The Kier molecular flexibility index (Phi) is 12.7. The summed E-state index contributed by atoms with van der Waals surface area (Å²) in [6.45, 7) is 22.4. The van der Waals surface area contributed by atoms with Gasteiger partial charge in [-0.05, 0) is 12.5 Å². The molecule has 19 nitrogen and oxygen atoms in total. The molecule has 6 saturated heterocycles. The molecule has 3 aromatic rings. The van der Waals surface area contributed by atoms with Gasteiger partial charge in [-0.1, -0.05) is 46.7 Å². The molecule has 23 heteroatoms. The standard InChI is InChI=1S/C40H57Cl2N15O4S2/c1-62-39-45-33(41)30(27-58)35(47-39)49-3-11-54(12-4-49)19-23-56(24-20-54)15-7-51(8-16-56)37-32(53(60)61)38(44-29-43-37)52-9-17-57(18-10-52)25-21-55(22-26-57)13-5-50(6-14-55)36-31(28-59)34(42)46-40(48-36)63-2/h27-29H,3-26H2,1-2H3/q+4. The van der Waals surface area contributed by atoms with Crippen LogP contribution in [-0.2, 0) is 0 Å². The number of anilines is 4. The minimum atomic E-state index is -0.268. The van der Waals surface area contributed by atoms with Gasteiger partial charge >= 0.3 is 5.69 Å². The molecule has 63 heavy (non-hydrogen) atoms. The van der Waals surface area contributed by atoms with Crippen molar-refractivity contribution in [3.63, 3.8) is 0 Å². The number of hydrogen-bond donors (Lipinski definition) is 0. The van der Waals surface area contributed by atoms with E-state index in [2.05, 4.69) is 49.5 Å². The molecule has 0 amide bonds. The van der Waals surface area contributed by atoms with E-state index < -0.39 is 0 Å². The maximum atomic E-state index is 12.8. The third kappa shape index (κ3) is 8.63. The summed E-state index contributed by atoms with van der Waals surface area (Å²) in [5.41, 5.74) is 0.749. The highest BCUT2D eigenvalue weighted by Gasteiger charge is 2.49. The number of rotatable bonds is 9. The molecular formula is C40H57Cl2N15O4S2+4. The SMILES string of the molecule is CSc1nc(Cl)c(C=O)c(N2CC[N+]3(CC2)CC[N+]2(CCN(c4ncnc(N5CC[N+]6(CC5)CC[N+]5(CCN(c7nc(SC)nc(Cl)c7C=O)CC5)CC6)c4[N+](=O)[O-])CC2)CC3)n1. The van der Waals surface area contributed by atoms with Crippen LogP contribution in [0.4, 0.5) is 29.0 Å². The zero-order valence-corrected chi connectivity index (χ0v) is 39.3. The van der Waals surface area contributed by atoms with Gasteiger partial charge in [0.05, 0.1) is 121 Å². The highest BCUT2D eigenvalue weighted by atomic mass is 35.5. The number of carbonyl (C=O) groups is 2. The zero-order chi connectivity index (χ0) is 44.0. The molecule has 0 saturated carbocycles. The Balaban J connectivity index is 0.778. The smallest absolute Gasteiger partial charge is 0.345 e. The van der Waals surface area contributed by atoms with E-state index in [4.69, 9.17) is 23.2 Å². The van der Waals surface area contributed by atoms with Crippen LogP contribution in [0.2, 0.25) is 10.3 Å². The molecular weight excluding hydrogens is 890 g/mol. The summed E-state index contributed by atoms with van der Waals surface area (Å²) in [7, 11) is 0. The molecule has 0 aliphatic carbocycles. The molecule has 0 N–H and O–H groups in total. The maximum absolute atomic E-state index is 12.8. The van der Waals surface area contributed by atoms with Gasteiger partial charge in [-0.3, -0.25) is 19.7 Å². The minimum Gasteiger partial charge on any atom is -0.345 e. The number of aldehydes is 2. The van der Waals surface area contributed by atoms with Gasteiger partial charge in [0.25, 0.3) is 0 Å². The number of thioether (sulfide) groups is 2. The highest BCUT2D eigenvalue weighted by Crippen LogP contribution is 2.38. The Hall–Kier alpha value is -3.70. The Bertz CT molecular complexity index is 2060. The predicted molar refractivity (Wildman–Crippen MR) is 245 cm³/mol.